The molecule has 3 aromatic rings. The number of nitrogens with one attached hydrogen (secondary N) is 1. The van der Waals surface area contributed by atoms with E-state index in [1.165, 1.54) is 24.7 Å². The second-order valence-corrected chi connectivity index (χ2v) is 7.26. The Kier molecular flexibility index (Phi) is 6.91. The van der Waals surface area contributed by atoms with Gasteiger partial charge in [0.25, 0.3) is 5.91 Å². The molecule has 0 unspecified atom stereocenters. The Morgan fingerprint density at radius 1 is 1.16 bits per heavy atom. The van der Waals surface area contributed by atoms with E-state index >= 15 is 0 Å². The minimum absolute atomic E-state index is 0.263. The average molecular weight is 424 g/mol. The van der Waals surface area contributed by atoms with Crippen LogP contribution in [0.15, 0.2) is 61.1 Å². The normalized spacial score (nSPS) is 14.4. The summed E-state index contributed by atoms with van der Waals surface area (Å²) in [5.41, 5.74) is 1.98. The number of imidazole rings is 1. The predicted octanol–water partition coefficient (Wildman–Crippen LogP) is 2.65. The number of amides is 1. The van der Waals surface area contributed by atoms with Gasteiger partial charge in [-0.2, -0.15) is 0 Å². The summed E-state index contributed by atoms with van der Waals surface area (Å²) in [5.74, 6) is 0.179. The zero-order valence-electron chi connectivity index (χ0n) is 17.2. The van der Waals surface area contributed by atoms with E-state index in [0.717, 1.165) is 44.2 Å². The first-order chi connectivity index (χ1) is 15.2. The third-order valence-electron chi connectivity index (χ3n) is 5.11. The summed E-state index contributed by atoms with van der Waals surface area (Å²) in [6.45, 7) is 5.23. The average Bonchev–Trinajstić information content (AvgIpc) is 3.29. The zero-order chi connectivity index (χ0) is 21.5. The van der Waals surface area contributed by atoms with Crippen LogP contribution in [-0.4, -0.2) is 59.8 Å². The van der Waals surface area contributed by atoms with Gasteiger partial charge in [-0.05, 0) is 42.0 Å². The number of nitrogens with zero attached hydrogens (tertiary/aromatic N) is 3. The molecule has 7 nitrogen and oxygen atoms in total. The zero-order valence-corrected chi connectivity index (χ0v) is 17.2. The third-order valence-corrected chi connectivity index (χ3v) is 5.11. The molecule has 0 aliphatic carbocycles. The fraction of sp³-hybridized carbons (Fsp3) is 0.304. The molecule has 0 saturated carbocycles. The highest BCUT2D eigenvalue weighted by Crippen LogP contribution is 2.15. The van der Waals surface area contributed by atoms with E-state index in [-0.39, 0.29) is 11.7 Å². The number of morpholine rings is 1. The van der Waals surface area contributed by atoms with Gasteiger partial charge >= 0.3 is 0 Å². The van der Waals surface area contributed by atoms with Crippen molar-refractivity contribution in [3.63, 3.8) is 0 Å². The summed E-state index contributed by atoms with van der Waals surface area (Å²) in [6.07, 6.45) is 3.02. The van der Waals surface area contributed by atoms with Crippen molar-refractivity contribution in [3.05, 3.63) is 78.1 Å². The first-order valence-corrected chi connectivity index (χ1v) is 10.3. The Morgan fingerprint density at radius 2 is 1.97 bits per heavy atom. The molecule has 1 saturated heterocycles. The molecule has 0 spiro atoms. The smallest absolute Gasteiger partial charge is 0.270 e. The Balaban J connectivity index is 1.31. The maximum Gasteiger partial charge on any atom is 0.270 e. The van der Waals surface area contributed by atoms with Crippen LogP contribution < -0.4 is 10.1 Å². The third kappa shape index (κ3) is 5.68. The molecule has 0 atom stereocenters. The summed E-state index contributed by atoms with van der Waals surface area (Å²) in [6, 6.07) is 13.6. The molecule has 1 fully saturated rings. The van der Waals surface area contributed by atoms with Gasteiger partial charge in [-0.3, -0.25) is 14.3 Å². The number of rotatable bonds is 8. The van der Waals surface area contributed by atoms with E-state index < -0.39 is 0 Å². The maximum atomic E-state index is 13.2. The Morgan fingerprint density at radius 3 is 2.77 bits per heavy atom. The molecule has 2 aromatic carbocycles. The van der Waals surface area contributed by atoms with Crippen LogP contribution in [0.2, 0.25) is 0 Å². The molecular formula is C23H25FN4O3. The van der Waals surface area contributed by atoms with E-state index in [4.69, 9.17) is 9.47 Å². The molecule has 1 N–H and O–H groups in total. The Hall–Kier alpha value is -3.23. The number of hydrogen-bond acceptors (Lipinski definition) is 5. The van der Waals surface area contributed by atoms with Gasteiger partial charge in [-0.1, -0.05) is 12.1 Å². The van der Waals surface area contributed by atoms with Crippen LogP contribution in [0.5, 0.6) is 5.75 Å². The minimum Gasteiger partial charge on any atom is -0.492 e. The number of benzene rings is 2. The molecule has 162 valence electrons. The van der Waals surface area contributed by atoms with Gasteiger partial charge in [0.15, 0.2) is 0 Å². The molecule has 1 aliphatic heterocycles. The van der Waals surface area contributed by atoms with Crippen LogP contribution in [0.3, 0.4) is 0 Å². The summed E-state index contributed by atoms with van der Waals surface area (Å²) in [7, 11) is 0. The van der Waals surface area contributed by atoms with Crippen molar-refractivity contribution in [2.75, 3.05) is 39.5 Å². The summed E-state index contributed by atoms with van der Waals surface area (Å²) < 4.78 is 26.0. The predicted molar refractivity (Wildman–Crippen MR) is 114 cm³/mol. The van der Waals surface area contributed by atoms with Crippen molar-refractivity contribution >= 4 is 5.91 Å². The number of halogens is 1. The number of carbonyl (C=O) groups excluding carboxylic acids is 1. The first kappa shape index (κ1) is 21.0. The molecule has 8 heteroatoms. The molecule has 1 amide bonds. The van der Waals surface area contributed by atoms with Crippen LogP contribution in [0.4, 0.5) is 4.39 Å². The van der Waals surface area contributed by atoms with Crippen molar-refractivity contribution in [2.24, 2.45) is 0 Å². The molecule has 0 bridgehead atoms. The van der Waals surface area contributed by atoms with Crippen molar-refractivity contribution in [3.8, 4) is 11.4 Å². The maximum absolute atomic E-state index is 13.2. The Bertz CT molecular complexity index is 1000. The molecule has 31 heavy (non-hydrogen) atoms. The summed E-state index contributed by atoms with van der Waals surface area (Å²) >= 11 is 0. The number of aromatic nitrogens is 2. The van der Waals surface area contributed by atoms with Crippen molar-refractivity contribution < 1.29 is 18.7 Å². The number of carbonyl (C=O) groups is 1. The summed E-state index contributed by atoms with van der Waals surface area (Å²) in [4.78, 5) is 19.1. The topological polar surface area (TPSA) is 68.6 Å². The van der Waals surface area contributed by atoms with Gasteiger partial charge in [0, 0.05) is 31.9 Å². The van der Waals surface area contributed by atoms with Gasteiger partial charge in [0.2, 0.25) is 0 Å². The summed E-state index contributed by atoms with van der Waals surface area (Å²) in [5, 5.41) is 2.91. The van der Waals surface area contributed by atoms with Crippen molar-refractivity contribution in [2.45, 2.75) is 6.54 Å². The lowest BCUT2D eigenvalue weighted by molar-refractivity contribution is 0.0322. The second kappa shape index (κ2) is 10.2. The second-order valence-electron chi connectivity index (χ2n) is 7.26. The van der Waals surface area contributed by atoms with Crippen LogP contribution in [-0.2, 0) is 11.3 Å². The van der Waals surface area contributed by atoms with Crippen LogP contribution in [0, 0.1) is 5.82 Å². The lowest BCUT2D eigenvalue weighted by Gasteiger charge is -2.26. The fourth-order valence-electron chi connectivity index (χ4n) is 3.41. The highest BCUT2D eigenvalue weighted by Gasteiger charge is 2.13. The van der Waals surface area contributed by atoms with Crippen LogP contribution in [0.1, 0.15) is 16.1 Å². The van der Waals surface area contributed by atoms with E-state index in [2.05, 4.69) is 15.2 Å². The number of ether oxygens (including phenoxy) is 2. The van der Waals surface area contributed by atoms with Crippen molar-refractivity contribution in [1.82, 2.24) is 19.8 Å². The van der Waals surface area contributed by atoms with Crippen LogP contribution >= 0.6 is 0 Å². The quantitative estimate of drug-likeness (QED) is 0.602. The minimum atomic E-state index is -0.332. The monoisotopic (exact) mass is 424 g/mol. The lowest BCUT2D eigenvalue weighted by atomic mass is 10.2. The van der Waals surface area contributed by atoms with Crippen molar-refractivity contribution in [1.29, 1.82) is 0 Å². The molecule has 1 aliphatic rings. The lowest BCUT2D eigenvalue weighted by Crippen LogP contribution is -2.38. The van der Waals surface area contributed by atoms with E-state index in [0.29, 0.717) is 24.5 Å². The number of hydrogen-bond donors (Lipinski definition) is 1. The Labute approximate surface area is 180 Å². The SMILES string of the molecule is O=C(NCc1cccc(OCCN2CCOCC2)c1)c1cncn1-c1ccc(F)cc1. The fourth-order valence-corrected chi connectivity index (χ4v) is 3.41. The van der Waals surface area contributed by atoms with Gasteiger partial charge in [-0.15, -0.1) is 0 Å². The van der Waals surface area contributed by atoms with Gasteiger partial charge in [0.05, 0.1) is 25.7 Å². The highest BCUT2D eigenvalue weighted by molar-refractivity contribution is 5.92. The van der Waals surface area contributed by atoms with Crippen LogP contribution in [0.25, 0.3) is 5.69 Å². The van der Waals surface area contributed by atoms with E-state index in [1.54, 1.807) is 16.7 Å². The highest BCUT2D eigenvalue weighted by atomic mass is 19.1. The molecule has 4 rings (SSSR count). The van der Waals surface area contributed by atoms with Gasteiger partial charge < -0.3 is 14.8 Å². The molecule has 0 radical (unpaired) electrons. The molecule has 2 heterocycles. The van der Waals surface area contributed by atoms with E-state index in [9.17, 15) is 9.18 Å². The largest absolute Gasteiger partial charge is 0.492 e. The van der Waals surface area contributed by atoms with Gasteiger partial charge in [-0.25, -0.2) is 9.37 Å². The molecular weight excluding hydrogens is 399 g/mol. The molecule has 1 aromatic heterocycles. The first-order valence-electron chi connectivity index (χ1n) is 10.3. The van der Waals surface area contributed by atoms with E-state index in [1.807, 2.05) is 24.3 Å². The van der Waals surface area contributed by atoms with Gasteiger partial charge in [0.1, 0.15) is 23.9 Å². The standard InChI is InChI=1S/C23H25FN4O3/c24-19-4-6-20(7-5-19)28-17-25-16-22(28)23(29)26-15-18-2-1-3-21(14-18)31-13-10-27-8-11-30-12-9-27/h1-7,14,16-17H,8-13,15H2,(H,26,29).